The Labute approximate surface area is 159 Å². The molecule has 0 aromatic heterocycles. The zero-order valence-corrected chi connectivity index (χ0v) is 15.4. The number of carbonyl (C=O) groups excluding carboxylic acids is 1. The second-order valence-corrected chi connectivity index (χ2v) is 6.59. The van der Waals surface area contributed by atoms with Crippen molar-refractivity contribution in [2.45, 2.75) is 12.5 Å². The summed E-state index contributed by atoms with van der Waals surface area (Å²) >= 11 is 0. The number of nitrogens with one attached hydrogen (secondary N) is 2. The van der Waals surface area contributed by atoms with Gasteiger partial charge in [0.05, 0.1) is 19.3 Å². The number of benzene rings is 2. The first-order valence-corrected chi connectivity index (χ1v) is 9.35. The molecule has 1 heterocycles. The van der Waals surface area contributed by atoms with E-state index in [4.69, 9.17) is 4.74 Å². The van der Waals surface area contributed by atoms with E-state index >= 15 is 0 Å². The van der Waals surface area contributed by atoms with Crippen LogP contribution in [-0.2, 0) is 11.2 Å². The van der Waals surface area contributed by atoms with Crippen molar-refractivity contribution in [2.24, 2.45) is 0 Å². The molecular formula is C21H26FN3O2. The lowest BCUT2D eigenvalue weighted by Crippen LogP contribution is -2.46. The molecule has 2 amide bonds. The lowest BCUT2D eigenvalue weighted by atomic mass is 10.0. The molecule has 3 rings (SSSR count). The van der Waals surface area contributed by atoms with Gasteiger partial charge in [-0.2, -0.15) is 0 Å². The molecule has 1 unspecified atom stereocenters. The van der Waals surface area contributed by atoms with Crippen LogP contribution in [0.3, 0.4) is 0 Å². The highest BCUT2D eigenvalue weighted by Crippen LogP contribution is 2.22. The number of urea groups is 1. The van der Waals surface area contributed by atoms with Gasteiger partial charge in [-0.15, -0.1) is 0 Å². The van der Waals surface area contributed by atoms with Crippen LogP contribution >= 0.6 is 0 Å². The number of amides is 2. The van der Waals surface area contributed by atoms with Gasteiger partial charge in [-0.05, 0) is 29.7 Å². The summed E-state index contributed by atoms with van der Waals surface area (Å²) in [7, 11) is 0. The molecule has 2 aromatic rings. The highest BCUT2D eigenvalue weighted by Gasteiger charge is 2.23. The fourth-order valence-corrected chi connectivity index (χ4v) is 3.28. The van der Waals surface area contributed by atoms with Gasteiger partial charge < -0.3 is 15.4 Å². The Kier molecular flexibility index (Phi) is 7.19. The maximum absolute atomic E-state index is 13.7. The SMILES string of the molecule is O=C(NCCc1ccccc1)NCC(c1cccc(F)c1)N1CCOCC1. The number of hydrogen-bond donors (Lipinski definition) is 2. The first kappa shape index (κ1) is 19.3. The standard InChI is InChI=1S/C21H26FN3O2/c22-19-8-4-7-18(15-19)20(25-11-13-27-14-12-25)16-24-21(26)23-10-9-17-5-2-1-3-6-17/h1-8,15,20H,9-14,16H2,(H2,23,24,26). The molecule has 144 valence electrons. The molecule has 0 spiro atoms. The first-order chi connectivity index (χ1) is 13.2. The Hall–Kier alpha value is -2.44. The van der Waals surface area contributed by atoms with E-state index in [0.717, 1.165) is 25.1 Å². The van der Waals surface area contributed by atoms with Crippen molar-refractivity contribution in [3.63, 3.8) is 0 Å². The van der Waals surface area contributed by atoms with Gasteiger partial charge in [-0.1, -0.05) is 42.5 Å². The van der Waals surface area contributed by atoms with E-state index in [1.54, 1.807) is 6.07 Å². The van der Waals surface area contributed by atoms with Crippen LogP contribution in [0.1, 0.15) is 17.2 Å². The third-order valence-electron chi connectivity index (χ3n) is 4.72. The monoisotopic (exact) mass is 371 g/mol. The molecule has 1 atom stereocenters. The number of nitrogens with zero attached hydrogens (tertiary/aromatic N) is 1. The number of ether oxygens (including phenoxy) is 1. The normalized spacial score (nSPS) is 15.9. The van der Waals surface area contributed by atoms with Gasteiger partial charge in [0.1, 0.15) is 5.82 Å². The quantitative estimate of drug-likeness (QED) is 0.787. The summed E-state index contributed by atoms with van der Waals surface area (Å²) < 4.78 is 19.1. The van der Waals surface area contributed by atoms with Crippen LogP contribution in [-0.4, -0.2) is 50.3 Å². The van der Waals surface area contributed by atoms with Crippen LogP contribution in [0.15, 0.2) is 54.6 Å². The molecule has 27 heavy (non-hydrogen) atoms. The predicted octanol–water partition coefficient (Wildman–Crippen LogP) is 2.74. The molecule has 0 radical (unpaired) electrons. The summed E-state index contributed by atoms with van der Waals surface area (Å²) in [6.07, 6.45) is 0.783. The molecule has 6 heteroatoms. The number of morpholine rings is 1. The minimum absolute atomic E-state index is 0.0792. The summed E-state index contributed by atoms with van der Waals surface area (Å²) in [5.41, 5.74) is 2.05. The van der Waals surface area contributed by atoms with Crippen molar-refractivity contribution in [1.29, 1.82) is 0 Å². The van der Waals surface area contributed by atoms with Crippen molar-refractivity contribution >= 4 is 6.03 Å². The fraction of sp³-hybridized carbons (Fsp3) is 0.381. The fourth-order valence-electron chi connectivity index (χ4n) is 3.28. The van der Waals surface area contributed by atoms with E-state index in [0.29, 0.717) is 26.3 Å². The zero-order valence-electron chi connectivity index (χ0n) is 15.4. The van der Waals surface area contributed by atoms with Gasteiger partial charge in [0.2, 0.25) is 0 Å². The smallest absolute Gasteiger partial charge is 0.314 e. The molecule has 2 N–H and O–H groups in total. The van der Waals surface area contributed by atoms with E-state index in [-0.39, 0.29) is 17.9 Å². The molecule has 1 fully saturated rings. The number of hydrogen-bond acceptors (Lipinski definition) is 3. The van der Waals surface area contributed by atoms with Gasteiger partial charge >= 0.3 is 6.03 Å². The molecule has 2 aromatic carbocycles. The van der Waals surface area contributed by atoms with Crippen LogP contribution in [0, 0.1) is 5.82 Å². The average Bonchev–Trinajstić information content (AvgIpc) is 2.70. The largest absolute Gasteiger partial charge is 0.379 e. The minimum atomic E-state index is -0.266. The van der Waals surface area contributed by atoms with Gasteiger partial charge in [-0.3, -0.25) is 4.90 Å². The molecule has 0 saturated carbocycles. The zero-order chi connectivity index (χ0) is 18.9. The molecule has 5 nitrogen and oxygen atoms in total. The van der Waals surface area contributed by atoms with Crippen molar-refractivity contribution < 1.29 is 13.9 Å². The minimum Gasteiger partial charge on any atom is -0.379 e. The maximum atomic E-state index is 13.7. The predicted molar refractivity (Wildman–Crippen MR) is 103 cm³/mol. The van der Waals surface area contributed by atoms with Crippen molar-refractivity contribution in [2.75, 3.05) is 39.4 Å². The van der Waals surface area contributed by atoms with E-state index in [1.165, 1.54) is 17.7 Å². The summed E-state index contributed by atoms with van der Waals surface area (Å²) in [6.45, 7) is 3.81. The number of carbonyl (C=O) groups is 1. The Balaban J connectivity index is 1.53. The van der Waals surface area contributed by atoms with Gasteiger partial charge in [-0.25, -0.2) is 9.18 Å². The van der Waals surface area contributed by atoms with Crippen LogP contribution < -0.4 is 10.6 Å². The summed E-state index contributed by atoms with van der Waals surface area (Å²) in [5, 5.41) is 5.81. The van der Waals surface area contributed by atoms with Crippen LogP contribution in [0.5, 0.6) is 0 Å². The number of rotatable bonds is 7. The van der Waals surface area contributed by atoms with Crippen molar-refractivity contribution in [1.82, 2.24) is 15.5 Å². The Morgan fingerprint density at radius 1 is 1.07 bits per heavy atom. The summed E-state index contributed by atoms with van der Waals surface area (Å²) in [4.78, 5) is 14.4. The molecule has 0 bridgehead atoms. The highest BCUT2D eigenvalue weighted by atomic mass is 19.1. The second-order valence-electron chi connectivity index (χ2n) is 6.59. The molecular weight excluding hydrogens is 345 g/mol. The van der Waals surface area contributed by atoms with Crippen LogP contribution in [0.2, 0.25) is 0 Å². The lowest BCUT2D eigenvalue weighted by Gasteiger charge is -2.35. The van der Waals surface area contributed by atoms with Crippen LogP contribution in [0.25, 0.3) is 0 Å². The van der Waals surface area contributed by atoms with Gasteiger partial charge in [0.15, 0.2) is 0 Å². The first-order valence-electron chi connectivity index (χ1n) is 9.35. The molecule has 1 aliphatic heterocycles. The third kappa shape index (κ3) is 6.05. The Morgan fingerprint density at radius 3 is 2.59 bits per heavy atom. The molecule has 1 saturated heterocycles. The highest BCUT2D eigenvalue weighted by molar-refractivity contribution is 5.73. The van der Waals surface area contributed by atoms with E-state index in [1.807, 2.05) is 36.4 Å². The topological polar surface area (TPSA) is 53.6 Å². The number of halogens is 1. The van der Waals surface area contributed by atoms with Crippen LogP contribution in [0.4, 0.5) is 9.18 Å². The van der Waals surface area contributed by atoms with E-state index in [2.05, 4.69) is 15.5 Å². The van der Waals surface area contributed by atoms with Crippen molar-refractivity contribution in [3.05, 3.63) is 71.5 Å². The summed E-state index contributed by atoms with van der Waals surface area (Å²) in [6, 6.07) is 16.3. The van der Waals surface area contributed by atoms with Gasteiger partial charge in [0.25, 0.3) is 0 Å². The van der Waals surface area contributed by atoms with Crippen molar-refractivity contribution in [3.8, 4) is 0 Å². The molecule has 0 aliphatic carbocycles. The Morgan fingerprint density at radius 2 is 1.85 bits per heavy atom. The maximum Gasteiger partial charge on any atom is 0.314 e. The second kappa shape index (κ2) is 10.0. The average molecular weight is 371 g/mol. The van der Waals surface area contributed by atoms with E-state index in [9.17, 15) is 9.18 Å². The third-order valence-corrected chi connectivity index (χ3v) is 4.72. The lowest BCUT2D eigenvalue weighted by molar-refractivity contribution is 0.0166. The summed E-state index contributed by atoms with van der Waals surface area (Å²) in [5.74, 6) is -0.266. The van der Waals surface area contributed by atoms with Gasteiger partial charge in [0, 0.05) is 26.2 Å². The Bertz CT molecular complexity index is 720. The molecule has 1 aliphatic rings. The van der Waals surface area contributed by atoms with E-state index < -0.39 is 0 Å².